The number of nitrogens with one attached hydrogen (secondary N) is 1. The maximum Gasteiger partial charge on any atom is 0.225 e. The highest BCUT2D eigenvalue weighted by Gasteiger charge is 2.25. The first kappa shape index (κ1) is 13.1. The molecule has 2 rings (SSSR count). The lowest BCUT2D eigenvalue weighted by atomic mass is 10.0. The second-order valence-electron chi connectivity index (χ2n) is 4.64. The van der Waals surface area contributed by atoms with Crippen LogP contribution in [-0.4, -0.2) is 36.9 Å². The molecule has 1 aliphatic heterocycles. The van der Waals surface area contributed by atoms with Crippen molar-refractivity contribution in [2.24, 2.45) is 5.92 Å². The fraction of sp³-hybridized carbons (Fsp3) is 0.500. The van der Waals surface area contributed by atoms with E-state index < -0.39 is 0 Å². The third-order valence-corrected chi connectivity index (χ3v) is 3.19. The number of aliphatic hydroxyl groups excluding tert-OH is 1. The summed E-state index contributed by atoms with van der Waals surface area (Å²) in [5, 5.41) is 12.2. The number of amides is 1. The Balaban J connectivity index is 1.87. The first-order valence-electron chi connectivity index (χ1n) is 6.32. The normalized spacial score (nSPS) is 20.6. The molecule has 1 aromatic rings. The number of hydrogen-bond acceptors (Lipinski definition) is 3. The summed E-state index contributed by atoms with van der Waals surface area (Å²) in [5.74, 6) is -0.0719. The zero-order valence-corrected chi connectivity index (χ0v) is 10.3. The highest BCUT2D eigenvalue weighted by molar-refractivity contribution is 5.79. The van der Waals surface area contributed by atoms with Gasteiger partial charge in [0.25, 0.3) is 0 Å². The van der Waals surface area contributed by atoms with Gasteiger partial charge in [-0.3, -0.25) is 4.79 Å². The number of benzene rings is 1. The second kappa shape index (κ2) is 6.52. The van der Waals surface area contributed by atoms with Crippen molar-refractivity contribution in [1.82, 2.24) is 5.32 Å². The lowest BCUT2D eigenvalue weighted by Gasteiger charge is -2.18. The lowest BCUT2D eigenvalue weighted by molar-refractivity contribution is -0.126. The van der Waals surface area contributed by atoms with E-state index in [1.165, 1.54) is 0 Å². The fourth-order valence-electron chi connectivity index (χ4n) is 2.12. The quantitative estimate of drug-likeness (QED) is 0.809. The molecule has 1 aliphatic rings. The molecule has 0 spiro atoms. The molecule has 1 amide bonds. The van der Waals surface area contributed by atoms with Crippen molar-refractivity contribution in [3.8, 4) is 0 Å². The molecule has 1 heterocycles. The van der Waals surface area contributed by atoms with Crippen molar-refractivity contribution in [2.75, 3.05) is 19.8 Å². The Labute approximate surface area is 107 Å². The van der Waals surface area contributed by atoms with Gasteiger partial charge in [0.2, 0.25) is 5.91 Å². The highest BCUT2D eigenvalue weighted by Crippen LogP contribution is 2.13. The molecule has 1 aromatic carbocycles. The third kappa shape index (κ3) is 3.55. The summed E-state index contributed by atoms with van der Waals surface area (Å²) in [7, 11) is 0. The zero-order chi connectivity index (χ0) is 12.8. The monoisotopic (exact) mass is 249 g/mol. The van der Waals surface area contributed by atoms with E-state index in [1.807, 2.05) is 30.3 Å². The molecule has 18 heavy (non-hydrogen) atoms. The molecule has 4 nitrogen and oxygen atoms in total. The number of hydrogen-bond donors (Lipinski definition) is 2. The number of aliphatic hydroxyl groups is 1. The summed E-state index contributed by atoms with van der Waals surface area (Å²) < 4.78 is 5.19. The largest absolute Gasteiger partial charge is 0.394 e. The minimum absolute atomic E-state index is 0.0116. The molecule has 2 N–H and O–H groups in total. The van der Waals surface area contributed by atoms with E-state index in [0.29, 0.717) is 19.6 Å². The van der Waals surface area contributed by atoms with Crippen LogP contribution in [0.3, 0.4) is 0 Å². The van der Waals surface area contributed by atoms with Crippen molar-refractivity contribution in [2.45, 2.75) is 18.9 Å². The molecular weight excluding hydrogens is 230 g/mol. The van der Waals surface area contributed by atoms with Gasteiger partial charge >= 0.3 is 0 Å². The van der Waals surface area contributed by atoms with Crippen LogP contribution in [0, 0.1) is 5.92 Å². The van der Waals surface area contributed by atoms with Crippen LogP contribution < -0.4 is 5.32 Å². The Hall–Kier alpha value is -1.39. The van der Waals surface area contributed by atoms with Crippen LogP contribution in [0.4, 0.5) is 0 Å². The molecule has 0 aliphatic carbocycles. The lowest BCUT2D eigenvalue weighted by Crippen LogP contribution is -2.42. The van der Waals surface area contributed by atoms with E-state index in [2.05, 4.69) is 5.32 Å². The number of ether oxygens (including phenoxy) is 1. The summed E-state index contributed by atoms with van der Waals surface area (Å²) in [6.07, 6.45) is 1.42. The minimum Gasteiger partial charge on any atom is -0.394 e. The molecule has 0 radical (unpaired) electrons. The van der Waals surface area contributed by atoms with Crippen molar-refractivity contribution in [1.29, 1.82) is 0 Å². The highest BCUT2D eigenvalue weighted by atomic mass is 16.5. The van der Waals surface area contributed by atoms with Gasteiger partial charge in [0.1, 0.15) is 0 Å². The summed E-state index contributed by atoms with van der Waals surface area (Å²) in [5.41, 5.74) is 1.11. The summed E-state index contributed by atoms with van der Waals surface area (Å²) in [6, 6.07) is 9.63. The van der Waals surface area contributed by atoms with Gasteiger partial charge in [-0.2, -0.15) is 0 Å². The van der Waals surface area contributed by atoms with Gasteiger partial charge in [0.15, 0.2) is 0 Å². The molecule has 0 bridgehead atoms. The maximum absolute atomic E-state index is 11.9. The molecule has 2 unspecified atom stereocenters. The van der Waals surface area contributed by atoms with Crippen molar-refractivity contribution in [3.05, 3.63) is 35.9 Å². The Bertz CT molecular complexity index is 374. The number of carbonyl (C=O) groups is 1. The SMILES string of the molecule is O=C(NC(CO)Cc1ccccc1)C1CCOC1. The van der Waals surface area contributed by atoms with Gasteiger partial charge in [0.05, 0.1) is 25.2 Å². The predicted molar refractivity (Wildman–Crippen MR) is 68.1 cm³/mol. The Morgan fingerprint density at radius 2 is 2.22 bits per heavy atom. The molecule has 4 heteroatoms. The van der Waals surface area contributed by atoms with Crippen LogP contribution in [-0.2, 0) is 16.0 Å². The van der Waals surface area contributed by atoms with Gasteiger partial charge in [-0.15, -0.1) is 0 Å². The van der Waals surface area contributed by atoms with Crippen LogP contribution in [0.25, 0.3) is 0 Å². The van der Waals surface area contributed by atoms with Crippen molar-refractivity contribution < 1.29 is 14.6 Å². The number of carbonyl (C=O) groups excluding carboxylic acids is 1. The molecule has 98 valence electrons. The van der Waals surface area contributed by atoms with Crippen LogP contribution in [0.2, 0.25) is 0 Å². The van der Waals surface area contributed by atoms with E-state index >= 15 is 0 Å². The average molecular weight is 249 g/mol. The van der Waals surface area contributed by atoms with E-state index in [-0.39, 0.29) is 24.5 Å². The Morgan fingerprint density at radius 1 is 1.44 bits per heavy atom. The molecule has 2 atom stereocenters. The molecule has 0 aromatic heterocycles. The first-order valence-corrected chi connectivity index (χ1v) is 6.32. The van der Waals surface area contributed by atoms with Gasteiger partial charge in [-0.05, 0) is 18.4 Å². The average Bonchev–Trinajstić information content (AvgIpc) is 2.93. The van der Waals surface area contributed by atoms with Gasteiger partial charge in [0, 0.05) is 6.61 Å². The van der Waals surface area contributed by atoms with Crippen molar-refractivity contribution in [3.63, 3.8) is 0 Å². The van der Waals surface area contributed by atoms with Crippen LogP contribution in [0.5, 0.6) is 0 Å². The van der Waals surface area contributed by atoms with Crippen molar-refractivity contribution >= 4 is 5.91 Å². The molecule has 0 saturated carbocycles. The van der Waals surface area contributed by atoms with E-state index in [4.69, 9.17) is 4.74 Å². The number of rotatable bonds is 5. The van der Waals surface area contributed by atoms with Crippen LogP contribution in [0.15, 0.2) is 30.3 Å². The predicted octanol–water partition coefficient (Wildman–Crippen LogP) is 0.743. The van der Waals surface area contributed by atoms with E-state index in [0.717, 1.165) is 12.0 Å². The fourth-order valence-corrected chi connectivity index (χ4v) is 2.12. The summed E-state index contributed by atoms with van der Waals surface area (Å²) >= 11 is 0. The summed E-state index contributed by atoms with van der Waals surface area (Å²) in [6.45, 7) is 1.10. The Kier molecular flexibility index (Phi) is 4.73. The topological polar surface area (TPSA) is 58.6 Å². The first-order chi connectivity index (χ1) is 8.79. The third-order valence-electron chi connectivity index (χ3n) is 3.19. The van der Waals surface area contributed by atoms with Crippen LogP contribution in [0.1, 0.15) is 12.0 Å². The second-order valence-corrected chi connectivity index (χ2v) is 4.64. The van der Waals surface area contributed by atoms with Gasteiger partial charge in [-0.25, -0.2) is 0 Å². The van der Waals surface area contributed by atoms with E-state index in [9.17, 15) is 9.90 Å². The smallest absolute Gasteiger partial charge is 0.225 e. The molecule has 1 fully saturated rings. The van der Waals surface area contributed by atoms with E-state index in [1.54, 1.807) is 0 Å². The van der Waals surface area contributed by atoms with Gasteiger partial charge < -0.3 is 15.2 Å². The summed E-state index contributed by atoms with van der Waals surface area (Å²) in [4.78, 5) is 11.9. The van der Waals surface area contributed by atoms with Gasteiger partial charge in [-0.1, -0.05) is 30.3 Å². The Morgan fingerprint density at radius 3 is 2.83 bits per heavy atom. The standard InChI is InChI=1S/C14H19NO3/c16-9-13(8-11-4-2-1-3-5-11)15-14(17)12-6-7-18-10-12/h1-5,12-13,16H,6-10H2,(H,15,17). The molecule has 1 saturated heterocycles. The minimum atomic E-state index is -0.222. The maximum atomic E-state index is 11.9. The molecular formula is C14H19NO3. The zero-order valence-electron chi connectivity index (χ0n) is 10.3. The van der Waals surface area contributed by atoms with Crippen LogP contribution >= 0.6 is 0 Å².